The van der Waals surface area contributed by atoms with Gasteiger partial charge in [-0.25, -0.2) is 10.4 Å². The third-order valence-corrected chi connectivity index (χ3v) is 3.09. The van der Waals surface area contributed by atoms with Crippen molar-refractivity contribution >= 4 is 17.7 Å². The number of rotatable bonds is 6. The van der Waals surface area contributed by atoms with Gasteiger partial charge in [0, 0.05) is 39.6 Å². The average molecular weight is 291 g/mol. The van der Waals surface area contributed by atoms with E-state index in [1.807, 2.05) is 6.07 Å². The van der Waals surface area contributed by atoms with E-state index in [0.29, 0.717) is 11.6 Å². The SMILES string of the molecule is CN/C=C(\NNC)C(=O)Nc1nccc(N2CCCC2)n1. The van der Waals surface area contributed by atoms with Crippen molar-refractivity contribution in [3.8, 4) is 0 Å². The molecule has 4 N–H and O–H groups in total. The molecule has 1 amide bonds. The largest absolute Gasteiger partial charge is 0.392 e. The lowest BCUT2D eigenvalue weighted by molar-refractivity contribution is -0.113. The van der Waals surface area contributed by atoms with Crippen molar-refractivity contribution in [3.05, 3.63) is 24.2 Å². The summed E-state index contributed by atoms with van der Waals surface area (Å²) in [6.07, 6.45) is 5.55. The first-order valence-corrected chi connectivity index (χ1v) is 6.94. The number of aromatic nitrogens is 2. The van der Waals surface area contributed by atoms with Gasteiger partial charge in [0.2, 0.25) is 5.95 Å². The molecule has 0 bridgehead atoms. The number of carbonyl (C=O) groups excluding carboxylic acids is 1. The fourth-order valence-corrected chi connectivity index (χ4v) is 2.14. The van der Waals surface area contributed by atoms with Gasteiger partial charge >= 0.3 is 0 Å². The van der Waals surface area contributed by atoms with E-state index in [2.05, 4.69) is 36.4 Å². The first-order valence-electron chi connectivity index (χ1n) is 6.94. The lowest BCUT2D eigenvalue weighted by Crippen LogP contribution is -2.35. The average Bonchev–Trinajstić information content (AvgIpc) is 3.01. The van der Waals surface area contributed by atoms with E-state index in [9.17, 15) is 4.79 Å². The minimum absolute atomic E-state index is 0.296. The summed E-state index contributed by atoms with van der Waals surface area (Å²) in [5.74, 6) is 0.820. The summed E-state index contributed by atoms with van der Waals surface area (Å²) in [6.45, 7) is 1.99. The van der Waals surface area contributed by atoms with Crippen molar-refractivity contribution in [2.24, 2.45) is 0 Å². The third kappa shape index (κ3) is 4.06. The van der Waals surface area contributed by atoms with Crippen LogP contribution < -0.4 is 26.4 Å². The van der Waals surface area contributed by atoms with Gasteiger partial charge in [-0.1, -0.05) is 0 Å². The summed E-state index contributed by atoms with van der Waals surface area (Å²) in [7, 11) is 3.40. The molecule has 0 saturated carbocycles. The highest BCUT2D eigenvalue weighted by molar-refractivity contribution is 6.02. The number of nitrogens with zero attached hydrogens (tertiary/aromatic N) is 3. The van der Waals surface area contributed by atoms with Crippen molar-refractivity contribution in [2.75, 3.05) is 37.4 Å². The Morgan fingerprint density at radius 3 is 2.76 bits per heavy atom. The van der Waals surface area contributed by atoms with E-state index >= 15 is 0 Å². The van der Waals surface area contributed by atoms with Crippen LogP contribution >= 0.6 is 0 Å². The van der Waals surface area contributed by atoms with Gasteiger partial charge in [-0.2, -0.15) is 4.98 Å². The predicted octanol–water partition coefficient (Wildman–Crippen LogP) is -0.200. The van der Waals surface area contributed by atoms with Crippen LogP contribution in [0.5, 0.6) is 0 Å². The van der Waals surface area contributed by atoms with Gasteiger partial charge in [-0.15, -0.1) is 0 Å². The number of anilines is 2. The van der Waals surface area contributed by atoms with E-state index in [1.54, 1.807) is 26.5 Å². The van der Waals surface area contributed by atoms with Crippen LogP contribution in [-0.4, -0.2) is 43.1 Å². The van der Waals surface area contributed by atoms with Gasteiger partial charge in [0.25, 0.3) is 5.91 Å². The van der Waals surface area contributed by atoms with Crippen LogP contribution in [0.2, 0.25) is 0 Å². The van der Waals surface area contributed by atoms with Crippen LogP contribution in [0.1, 0.15) is 12.8 Å². The van der Waals surface area contributed by atoms with Gasteiger partial charge in [0.15, 0.2) is 0 Å². The fourth-order valence-electron chi connectivity index (χ4n) is 2.14. The summed E-state index contributed by atoms with van der Waals surface area (Å²) < 4.78 is 0. The summed E-state index contributed by atoms with van der Waals surface area (Å²) in [5.41, 5.74) is 5.79. The Bertz CT molecular complexity index is 511. The number of hydrogen-bond acceptors (Lipinski definition) is 7. The number of carbonyl (C=O) groups is 1. The normalized spacial score (nSPS) is 15.0. The Morgan fingerprint density at radius 1 is 1.33 bits per heavy atom. The molecule has 0 aliphatic carbocycles. The monoisotopic (exact) mass is 291 g/mol. The van der Waals surface area contributed by atoms with Crippen molar-refractivity contribution in [2.45, 2.75) is 12.8 Å². The molecular formula is C13H21N7O. The molecule has 0 atom stereocenters. The topological polar surface area (TPSA) is 94.2 Å². The van der Waals surface area contributed by atoms with Crippen LogP contribution in [0.25, 0.3) is 0 Å². The molecule has 0 radical (unpaired) electrons. The highest BCUT2D eigenvalue weighted by Crippen LogP contribution is 2.18. The lowest BCUT2D eigenvalue weighted by Gasteiger charge is -2.16. The number of hydrogen-bond donors (Lipinski definition) is 4. The minimum Gasteiger partial charge on any atom is -0.392 e. The molecule has 2 heterocycles. The molecule has 1 aliphatic rings. The summed E-state index contributed by atoms with van der Waals surface area (Å²) >= 11 is 0. The zero-order valence-corrected chi connectivity index (χ0v) is 12.3. The molecule has 8 heteroatoms. The maximum absolute atomic E-state index is 12.1. The molecule has 1 aromatic rings. The first kappa shape index (κ1) is 15.0. The van der Waals surface area contributed by atoms with Crippen LogP contribution in [0.15, 0.2) is 24.2 Å². The number of nitrogens with one attached hydrogen (secondary N) is 4. The van der Waals surface area contributed by atoms with E-state index in [-0.39, 0.29) is 5.91 Å². The molecule has 0 spiro atoms. The second-order valence-corrected chi connectivity index (χ2v) is 4.61. The third-order valence-electron chi connectivity index (χ3n) is 3.09. The smallest absolute Gasteiger partial charge is 0.276 e. The second-order valence-electron chi connectivity index (χ2n) is 4.61. The van der Waals surface area contributed by atoms with E-state index < -0.39 is 0 Å². The summed E-state index contributed by atoms with van der Waals surface area (Å²) in [5, 5.41) is 5.48. The van der Waals surface area contributed by atoms with Gasteiger partial charge in [0.05, 0.1) is 0 Å². The minimum atomic E-state index is -0.322. The van der Waals surface area contributed by atoms with Gasteiger partial charge < -0.3 is 15.6 Å². The van der Waals surface area contributed by atoms with Crippen LogP contribution in [0, 0.1) is 0 Å². The Labute approximate surface area is 124 Å². The van der Waals surface area contributed by atoms with E-state index in [4.69, 9.17) is 0 Å². The zero-order chi connectivity index (χ0) is 15.1. The predicted molar refractivity (Wildman–Crippen MR) is 81.4 cm³/mol. The molecule has 1 saturated heterocycles. The molecule has 0 aromatic carbocycles. The lowest BCUT2D eigenvalue weighted by atomic mass is 10.4. The molecule has 1 fully saturated rings. The van der Waals surface area contributed by atoms with Crippen LogP contribution in [0.4, 0.5) is 11.8 Å². The van der Waals surface area contributed by atoms with Crippen molar-refractivity contribution in [1.29, 1.82) is 0 Å². The molecule has 1 aromatic heterocycles. The Morgan fingerprint density at radius 2 is 2.10 bits per heavy atom. The summed E-state index contributed by atoms with van der Waals surface area (Å²) in [4.78, 5) is 22.8. The second kappa shape index (κ2) is 7.44. The first-order chi connectivity index (χ1) is 10.2. The zero-order valence-electron chi connectivity index (χ0n) is 12.3. The molecule has 2 rings (SSSR count). The molecule has 114 valence electrons. The summed E-state index contributed by atoms with van der Waals surface area (Å²) in [6, 6.07) is 1.86. The van der Waals surface area contributed by atoms with Gasteiger partial charge in [-0.3, -0.25) is 10.1 Å². The van der Waals surface area contributed by atoms with Gasteiger partial charge in [0.1, 0.15) is 11.5 Å². The van der Waals surface area contributed by atoms with Crippen LogP contribution in [-0.2, 0) is 4.79 Å². The van der Waals surface area contributed by atoms with Crippen molar-refractivity contribution < 1.29 is 4.79 Å². The van der Waals surface area contributed by atoms with E-state index in [0.717, 1.165) is 18.9 Å². The molecule has 8 nitrogen and oxygen atoms in total. The number of amides is 1. The number of hydrazine groups is 1. The Kier molecular flexibility index (Phi) is 5.33. The highest BCUT2D eigenvalue weighted by Gasteiger charge is 2.15. The maximum atomic E-state index is 12.1. The molecule has 21 heavy (non-hydrogen) atoms. The standard InChI is InChI=1S/C13H21N7O/c1-14-9-10(19-15-2)12(21)18-13-16-6-5-11(17-13)20-7-3-4-8-20/h5-6,9,14-15,19H,3-4,7-8H2,1-2H3,(H,16,17,18,21)/b10-9-. The molecule has 1 aliphatic heterocycles. The van der Waals surface area contributed by atoms with Crippen molar-refractivity contribution in [3.63, 3.8) is 0 Å². The Balaban J connectivity index is 2.06. The Hall–Kier alpha value is -2.35. The highest BCUT2D eigenvalue weighted by atomic mass is 16.2. The maximum Gasteiger partial charge on any atom is 0.276 e. The van der Waals surface area contributed by atoms with E-state index in [1.165, 1.54) is 12.8 Å². The fraction of sp³-hybridized carbons (Fsp3) is 0.462. The van der Waals surface area contributed by atoms with Crippen LogP contribution in [0.3, 0.4) is 0 Å². The van der Waals surface area contributed by atoms with Crippen molar-refractivity contribution in [1.82, 2.24) is 26.1 Å². The quantitative estimate of drug-likeness (QED) is 0.426. The molecular weight excluding hydrogens is 270 g/mol. The van der Waals surface area contributed by atoms with Gasteiger partial charge in [-0.05, 0) is 18.9 Å². The molecule has 0 unspecified atom stereocenters.